The van der Waals surface area contributed by atoms with Gasteiger partial charge >= 0.3 is 0 Å². The van der Waals surface area contributed by atoms with Crippen molar-refractivity contribution in [3.05, 3.63) is 24.3 Å². The molecule has 1 fully saturated rings. The number of ether oxygens (including phenoxy) is 2. The third kappa shape index (κ3) is 4.67. The fourth-order valence-corrected chi connectivity index (χ4v) is 3.38. The Balaban J connectivity index is 1.99. The Kier molecular flexibility index (Phi) is 5.58. The molecule has 1 aliphatic carbocycles. The van der Waals surface area contributed by atoms with Crippen LogP contribution in [-0.2, 0) is 14.8 Å². The monoisotopic (exact) mass is 314 g/mol. The second-order valence-electron chi connectivity index (χ2n) is 5.11. The van der Waals surface area contributed by atoms with Gasteiger partial charge in [0.2, 0.25) is 10.0 Å². The van der Waals surface area contributed by atoms with Gasteiger partial charge in [0.15, 0.2) is 0 Å². The van der Waals surface area contributed by atoms with Gasteiger partial charge in [-0.3, -0.25) is 0 Å². The van der Waals surface area contributed by atoms with Crippen LogP contribution in [0, 0.1) is 5.92 Å². The Morgan fingerprint density at radius 1 is 1.29 bits per heavy atom. The third-order valence-electron chi connectivity index (χ3n) is 3.44. The van der Waals surface area contributed by atoms with Gasteiger partial charge in [-0.15, -0.1) is 0 Å². The molecule has 21 heavy (non-hydrogen) atoms. The first-order valence-electron chi connectivity index (χ1n) is 7.01. The van der Waals surface area contributed by atoms with Gasteiger partial charge in [0.05, 0.1) is 11.5 Å². The smallest absolute Gasteiger partial charge is 0.240 e. The van der Waals surface area contributed by atoms with E-state index in [1.54, 1.807) is 19.2 Å². The van der Waals surface area contributed by atoms with Crippen molar-refractivity contribution in [1.82, 2.24) is 4.72 Å². The van der Waals surface area contributed by atoms with Crippen LogP contribution in [-0.4, -0.2) is 41.3 Å². The summed E-state index contributed by atoms with van der Waals surface area (Å²) in [7, 11) is -1.93. The first kappa shape index (κ1) is 16.2. The minimum absolute atomic E-state index is 0.173. The number of benzene rings is 1. The highest BCUT2D eigenvalue weighted by Crippen LogP contribution is 2.32. The van der Waals surface area contributed by atoms with Gasteiger partial charge in [0.1, 0.15) is 12.4 Å². The van der Waals surface area contributed by atoms with Gasteiger partial charge < -0.3 is 15.2 Å². The number of rotatable bonds is 9. The molecule has 0 bridgehead atoms. The Morgan fingerprint density at radius 2 is 1.95 bits per heavy atom. The molecule has 1 aromatic rings. The quantitative estimate of drug-likeness (QED) is 0.656. The molecule has 3 N–H and O–H groups in total. The van der Waals surface area contributed by atoms with Crippen LogP contribution in [0.3, 0.4) is 0 Å². The fourth-order valence-electron chi connectivity index (χ4n) is 2.06. The van der Waals surface area contributed by atoms with Crippen molar-refractivity contribution in [1.29, 1.82) is 0 Å². The van der Waals surface area contributed by atoms with E-state index in [0.29, 0.717) is 31.4 Å². The Bertz CT molecular complexity index is 541. The molecule has 0 aromatic heterocycles. The highest BCUT2D eigenvalue weighted by Gasteiger charge is 2.33. The highest BCUT2D eigenvalue weighted by molar-refractivity contribution is 7.89. The molecule has 0 radical (unpaired) electrons. The molecule has 7 heteroatoms. The molecule has 0 saturated heterocycles. The molecule has 1 aliphatic rings. The van der Waals surface area contributed by atoms with Gasteiger partial charge in [0.25, 0.3) is 0 Å². The highest BCUT2D eigenvalue weighted by atomic mass is 32.2. The minimum Gasteiger partial charge on any atom is -0.491 e. The average molecular weight is 314 g/mol. The Hall–Kier alpha value is -1.15. The topological polar surface area (TPSA) is 90.6 Å². The van der Waals surface area contributed by atoms with E-state index in [1.165, 1.54) is 12.1 Å². The summed E-state index contributed by atoms with van der Waals surface area (Å²) in [4.78, 5) is 0.223. The zero-order valence-corrected chi connectivity index (χ0v) is 12.9. The lowest BCUT2D eigenvalue weighted by molar-refractivity contribution is 0.146. The van der Waals surface area contributed by atoms with E-state index in [4.69, 9.17) is 15.2 Å². The van der Waals surface area contributed by atoms with Crippen LogP contribution in [0.15, 0.2) is 29.2 Å². The second-order valence-corrected chi connectivity index (χ2v) is 6.83. The molecule has 1 saturated carbocycles. The van der Waals surface area contributed by atoms with Crippen molar-refractivity contribution in [2.24, 2.45) is 11.7 Å². The molecule has 2 rings (SSSR count). The maximum absolute atomic E-state index is 12.3. The molecular formula is C14H22N2O4S. The van der Waals surface area contributed by atoms with E-state index in [-0.39, 0.29) is 10.9 Å². The van der Waals surface area contributed by atoms with Gasteiger partial charge in [-0.2, -0.15) is 0 Å². The van der Waals surface area contributed by atoms with Crippen LogP contribution in [0.5, 0.6) is 5.75 Å². The number of sulfonamides is 1. The summed E-state index contributed by atoms with van der Waals surface area (Å²) >= 11 is 0. The maximum atomic E-state index is 12.3. The molecule has 0 spiro atoms. The Labute approximate surface area is 125 Å². The lowest BCUT2D eigenvalue weighted by atomic mass is 10.2. The lowest BCUT2D eigenvalue weighted by Gasteiger charge is -2.16. The van der Waals surface area contributed by atoms with E-state index >= 15 is 0 Å². The standard InChI is InChI=1S/C14H22N2O4S/c1-19-8-9-20-12-4-6-13(7-5-12)21(17,18)16-14(10-15)11-2-3-11/h4-7,11,14,16H,2-3,8-10,15H2,1H3. The van der Waals surface area contributed by atoms with Crippen molar-refractivity contribution in [3.8, 4) is 5.75 Å². The molecule has 6 nitrogen and oxygen atoms in total. The molecule has 0 amide bonds. The second kappa shape index (κ2) is 7.22. The summed E-state index contributed by atoms with van der Waals surface area (Å²) in [6.07, 6.45) is 2.08. The van der Waals surface area contributed by atoms with Gasteiger partial charge in [-0.25, -0.2) is 13.1 Å². The van der Waals surface area contributed by atoms with Crippen LogP contribution in [0.4, 0.5) is 0 Å². The predicted octanol–water partition coefficient (Wildman–Crippen LogP) is 0.727. The van der Waals surface area contributed by atoms with Crippen molar-refractivity contribution in [2.75, 3.05) is 26.9 Å². The SMILES string of the molecule is COCCOc1ccc(S(=O)(=O)NC(CN)C2CC2)cc1. The average Bonchev–Trinajstić information content (AvgIpc) is 3.30. The van der Waals surface area contributed by atoms with E-state index < -0.39 is 10.0 Å². The summed E-state index contributed by atoms with van der Waals surface area (Å²) in [6.45, 7) is 1.24. The molecule has 1 aromatic carbocycles. The first-order valence-corrected chi connectivity index (χ1v) is 8.49. The van der Waals surface area contributed by atoms with Crippen molar-refractivity contribution < 1.29 is 17.9 Å². The van der Waals surface area contributed by atoms with Crippen LogP contribution in [0.1, 0.15) is 12.8 Å². The first-order chi connectivity index (χ1) is 10.1. The molecule has 1 unspecified atom stereocenters. The molecule has 0 aliphatic heterocycles. The third-order valence-corrected chi connectivity index (χ3v) is 4.95. The van der Waals surface area contributed by atoms with Gasteiger partial charge in [-0.05, 0) is 43.0 Å². The number of nitrogens with two attached hydrogens (primary N) is 1. The molecule has 0 heterocycles. The largest absolute Gasteiger partial charge is 0.491 e. The molecule has 1 atom stereocenters. The van der Waals surface area contributed by atoms with Crippen LogP contribution in [0.25, 0.3) is 0 Å². The van der Waals surface area contributed by atoms with Crippen LogP contribution in [0.2, 0.25) is 0 Å². The molecular weight excluding hydrogens is 292 g/mol. The number of hydrogen-bond donors (Lipinski definition) is 2. The Morgan fingerprint density at radius 3 is 2.48 bits per heavy atom. The summed E-state index contributed by atoms with van der Waals surface area (Å²) < 4.78 is 37.5. The lowest BCUT2D eigenvalue weighted by Crippen LogP contribution is -2.41. The van der Waals surface area contributed by atoms with Crippen LogP contribution < -0.4 is 15.2 Å². The van der Waals surface area contributed by atoms with Crippen molar-refractivity contribution in [3.63, 3.8) is 0 Å². The minimum atomic E-state index is -3.53. The maximum Gasteiger partial charge on any atom is 0.240 e. The predicted molar refractivity (Wildman–Crippen MR) is 79.7 cm³/mol. The van der Waals surface area contributed by atoms with E-state index in [2.05, 4.69) is 4.72 Å². The normalized spacial score (nSPS) is 16.7. The van der Waals surface area contributed by atoms with Gasteiger partial charge in [0, 0.05) is 19.7 Å². The van der Waals surface area contributed by atoms with E-state index in [0.717, 1.165) is 12.8 Å². The number of hydrogen-bond acceptors (Lipinski definition) is 5. The number of nitrogens with one attached hydrogen (secondary N) is 1. The summed E-state index contributed by atoms with van der Waals surface area (Å²) in [6, 6.07) is 6.17. The summed E-state index contributed by atoms with van der Waals surface area (Å²) in [5.74, 6) is 0.991. The van der Waals surface area contributed by atoms with E-state index in [9.17, 15) is 8.42 Å². The zero-order chi connectivity index (χ0) is 15.3. The van der Waals surface area contributed by atoms with E-state index in [1.807, 2.05) is 0 Å². The van der Waals surface area contributed by atoms with Crippen molar-refractivity contribution >= 4 is 10.0 Å². The molecule has 118 valence electrons. The zero-order valence-electron chi connectivity index (χ0n) is 12.1. The summed E-state index contributed by atoms with van der Waals surface area (Å²) in [5.41, 5.74) is 5.63. The van der Waals surface area contributed by atoms with Crippen molar-refractivity contribution in [2.45, 2.75) is 23.8 Å². The van der Waals surface area contributed by atoms with Crippen LogP contribution >= 0.6 is 0 Å². The fraction of sp³-hybridized carbons (Fsp3) is 0.571. The summed E-state index contributed by atoms with van der Waals surface area (Å²) in [5, 5.41) is 0. The van der Waals surface area contributed by atoms with Gasteiger partial charge in [-0.1, -0.05) is 0 Å². The number of methoxy groups -OCH3 is 1.